The third-order valence-corrected chi connectivity index (χ3v) is 6.86. The van der Waals surface area contributed by atoms with Gasteiger partial charge in [-0.15, -0.1) is 0 Å². The average Bonchev–Trinajstić information content (AvgIpc) is 2.74. The van der Waals surface area contributed by atoms with Crippen LogP contribution in [-0.4, -0.2) is 58.5 Å². The molecule has 0 amide bonds. The predicted octanol–water partition coefficient (Wildman–Crippen LogP) is 2.25. The van der Waals surface area contributed by atoms with E-state index >= 15 is 0 Å². The van der Waals surface area contributed by atoms with Crippen LogP contribution in [0.5, 0.6) is 0 Å². The number of sulfonamides is 1. The van der Waals surface area contributed by atoms with Crippen molar-refractivity contribution in [1.29, 1.82) is 0 Å². The van der Waals surface area contributed by atoms with Crippen LogP contribution >= 0.6 is 0 Å². The minimum Gasteiger partial charge on any atom is -0.369 e. The summed E-state index contributed by atoms with van der Waals surface area (Å²) >= 11 is 0. The molecule has 1 fully saturated rings. The monoisotopic (exact) mass is 447 g/mol. The molecular formula is C22H30FN5O2S. The van der Waals surface area contributed by atoms with Crippen LogP contribution in [0.3, 0.4) is 0 Å². The summed E-state index contributed by atoms with van der Waals surface area (Å²) in [4.78, 5) is 8.92. The normalized spacial score (nSPS) is 15.8. The Morgan fingerprint density at radius 3 is 2.39 bits per heavy atom. The topological polar surface area (TPSA) is 91.0 Å². The lowest BCUT2D eigenvalue weighted by atomic mass is 10.1. The van der Waals surface area contributed by atoms with Crippen molar-refractivity contribution < 1.29 is 12.8 Å². The largest absolute Gasteiger partial charge is 0.369 e. The number of aryl methyl sites for hydroxylation is 2. The number of nitrogens with two attached hydrogens (primary N) is 1. The van der Waals surface area contributed by atoms with Crippen LogP contribution in [0.1, 0.15) is 17.5 Å². The molecule has 2 aromatic carbocycles. The summed E-state index contributed by atoms with van der Waals surface area (Å²) in [6, 6.07) is 11.5. The maximum absolute atomic E-state index is 13.1. The number of nitrogens with one attached hydrogen (secondary N) is 1. The van der Waals surface area contributed by atoms with Crippen LogP contribution in [0.4, 0.5) is 10.1 Å². The Hall–Kier alpha value is -2.65. The van der Waals surface area contributed by atoms with Gasteiger partial charge in [0.05, 0.1) is 4.90 Å². The van der Waals surface area contributed by atoms with Crippen LogP contribution < -0.4 is 15.4 Å². The SMILES string of the molecule is Cc1ccc(S(=O)(=O)NC(N)=NCCCN2CCN(c3ccc(F)cc3)CC2)cc1C. The Morgan fingerprint density at radius 1 is 1.06 bits per heavy atom. The van der Waals surface area contributed by atoms with Gasteiger partial charge in [0.1, 0.15) is 5.82 Å². The fraction of sp³-hybridized carbons (Fsp3) is 0.409. The van der Waals surface area contributed by atoms with Crippen LogP contribution in [0.25, 0.3) is 0 Å². The van der Waals surface area contributed by atoms with E-state index in [-0.39, 0.29) is 16.7 Å². The molecule has 1 aliphatic heterocycles. The molecule has 7 nitrogen and oxygen atoms in total. The van der Waals surface area contributed by atoms with Gasteiger partial charge in [-0.1, -0.05) is 6.07 Å². The molecule has 1 saturated heterocycles. The highest BCUT2D eigenvalue weighted by atomic mass is 32.2. The zero-order valence-corrected chi connectivity index (χ0v) is 18.8. The summed E-state index contributed by atoms with van der Waals surface area (Å²) in [5.74, 6) is -0.321. The lowest BCUT2D eigenvalue weighted by Crippen LogP contribution is -2.46. The van der Waals surface area contributed by atoms with Gasteiger partial charge in [-0.05, 0) is 67.8 Å². The van der Waals surface area contributed by atoms with Gasteiger partial charge < -0.3 is 10.6 Å². The second-order valence-electron chi connectivity index (χ2n) is 7.78. The standard InChI is InChI=1S/C22H30FN5O2S/c1-17-4-9-21(16-18(17)2)31(29,30)26-22(24)25-10-3-11-27-12-14-28(15-13-27)20-7-5-19(23)6-8-20/h4-9,16H,3,10-15H2,1-2H3,(H3,24,25,26). The van der Waals surface area contributed by atoms with Gasteiger partial charge in [-0.3, -0.25) is 9.89 Å². The average molecular weight is 448 g/mol. The Morgan fingerprint density at radius 2 is 1.74 bits per heavy atom. The fourth-order valence-corrected chi connectivity index (χ4v) is 4.52. The molecule has 0 aliphatic carbocycles. The predicted molar refractivity (Wildman–Crippen MR) is 122 cm³/mol. The molecule has 0 unspecified atom stereocenters. The van der Waals surface area contributed by atoms with E-state index in [2.05, 4.69) is 19.5 Å². The first-order chi connectivity index (χ1) is 14.7. The van der Waals surface area contributed by atoms with Crippen LogP contribution in [0.2, 0.25) is 0 Å². The lowest BCUT2D eigenvalue weighted by molar-refractivity contribution is 0.256. The summed E-state index contributed by atoms with van der Waals surface area (Å²) in [7, 11) is -3.74. The highest BCUT2D eigenvalue weighted by molar-refractivity contribution is 7.90. The molecule has 3 N–H and O–H groups in total. The van der Waals surface area contributed by atoms with Gasteiger partial charge in [-0.25, -0.2) is 17.5 Å². The second kappa shape index (κ2) is 10.1. The molecular weight excluding hydrogens is 417 g/mol. The van der Waals surface area contributed by atoms with E-state index in [1.165, 1.54) is 12.1 Å². The van der Waals surface area contributed by atoms with Gasteiger partial charge >= 0.3 is 0 Å². The molecule has 0 spiro atoms. The number of anilines is 1. The van der Waals surface area contributed by atoms with Gasteiger partial charge in [0.2, 0.25) is 5.96 Å². The molecule has 0 bridgehead atoms. The van der Waals surface area contributed by atoms with Crippen molar-refractivity contribution in [3.8, 4) is 0 Å². The van der Waals surface area contributed by atoms with Gasteiger partial charge in [0, 0.05) is 45.0 Å². The van der Waals surface area contributed by atoms with E-state index in [1.807, 2.05) is 13.8 Å². The summed E-state index contributed by atoms with van der Waals surface area (Å²) in [6.45, 7) is 8.69. The van der Waals surface area contributed by atoms with Crippen molar-refractivity contribution in [2.24, 2.45) is 10.7 Å². The Balaban J connectivity index is 1.41. The van der Waals surface area contributed by atoms with Crippen LogP contribution in [0, 0.1) is 19.7 Å². The first-order valence-corrected chi connectivity index (χ1v) is 11.9. The summed E-state index contributed by atoms with van der Waals surface area (Å²) in [5.41, 5.74) is 8.75. The number of hydrogen-bond donors (Lipinski definition) is 2. The van der Waals surface area contributed by atoms with Crippen LogP contribution in [-0.2, 0) is 10.0 Å². The molecule has 0 atom stereocenters. The molecule has 31 heavy (non-hydrogen) atoms. The van der Waals surface area contributed by atoms with Crippen molar-refractivity contribution in [2.45, 2.75) is 25.2 Å². The van der Waals surface area contributed by atoms with Crippen LogP contribution in [0.15, 0.2) is 52.4 Å². The van der Waals surface area contributed by atoms with E-state index in [1.54, 1.807) is 30.3 Å². The second-order valence-corrected chi connectivity index (χ2v) is 9.46. The smallest absolute Gasteiger partial charge is 0.264 e. The number of nitrogens with zero attached hydrogens (tertiary/aromatic N) is 3. The van der Waals surface area contributed by atoms with E-state index in [0.29, 0.717) is 6.54 Å². The van der Waals surface area contributed by atoms with Crippen molar-refractivity contribution in [1.82, 2.24) is 9.62 Å². The zero-order valence-electron chi connectivity index (χ0n) is 18.0. The van der Waals surface area contributed by atoms with E-state index in [9.17, 15) is 12.8 Å². The lowest BCUT2D eigenvalue weighted by Gasteiger charge is -2.36. The van der Waals surface area contributed by atoms with Gasteiger partial charge in [0.25, 0.3) is 10.0 Å². The fourth-order valence-electron chi connectivity index (χ4n) is 3.49. The Bertz CT molecular complexity index is 1020. The molecule has 0 aromatic heterocycles. The minimum atomic E-state index is -3.74. The summed E-state index contributed by atoms with van der Waals surface area (Å²) in [6.07, 6.45) is 0.780. The molecule has 2 aromatic rings. The number of halogens is 1. The maximum Gasteiger partial charge on any atom is 0.264 e. The number of guanidine groups is 1. The molecule has 1 heterocycles. The zero-order chi connectivity index (χ0) is 22.4. The first kappa shape index (κ1) is 23.0. The maximum atomic E-state index is 13.1. The molecule has 9 heteroatoms. The minimum absolute atomic E-state index is 0.0978. The highest BCUT2D eigenvalue weighted by Gasteiger charge is 2.17. The number of hydrogen-bond acceptors (Lipinski definition) is 5. The number of piperazine rings is 1. The Labute approximate surface area is 183 Å². The molecule has 3 rings (SSSR count). The summed E-state index contributed by atoms with van der Waals surface area (Å²) < 4.78 is 40.3. The molecule has 1 aliphatic rings. The van der Waals surface area contributed by atoms with Crippen molar-refractivity contribution >= 4 is 21.7 Å². The van der Waals surface area contributed by atoms with Crippen molar-refractivity contribution in [3.63, 3.8) is 0 Å². The molecule has 168 valence electrons. The molecule has 0 saturated carbocycles. The Kier molecular flexibility index (Phi) is 7.50. The van der Waals surface area contributed by atoms with Gasteiger partial charge in [-0.2, -0.15) is 0 Å². The third kappa shape index (κ3) is 6.41. The van der Waals surface area contributed by atoms with Gasteiger partial charge in [0.15, 0.2) is 0 Å². The summed E-state index contributed by atoms with van der Waals surface area (Å²) in [5, 5.41) is 0. The van der Waals surface area contributed by atoms with Crippen molar-refractivity contribution in [2.75, 3.05) is 44.2 Å². The van der Waals surface area contributed by atoms with E-state index < -0.39 is 10.0 Å². The van der Waals surface area contributed by atoms with E-state index in [4.69, 9.17) is 5.73 Å². The third-order valence-electron chi connectivity index (χ3n) is 5.51. The van der Waals surface area contributed by atoms with Crippen molar-refractivity contribution in [3.05, 3.63) is 59.4 Å². The molecule has 0 radical (unpaired) electrons. The number of benzene rings is 2. The quantitative estimate of drug-likeness (QED) is 0.386. The number of aliphatic imine (C=N–C) groups is 1. The number of rotatable bonds is 7. The first-order valence-electron chi connectivity index (χ1n) is 10.4. The highest BCUT2D eigenvalue weighted by Crippen LogP contribution is 2.17. The van der Waals surface area contributed by atoms with E-state index in [0.717, 1.165) is 56.0 Å².